The summed E-state index contributed by atoms with van der Waals surface area (Å²) in [5, 5.41) is 1.20. The van der Waals surface area contributed by atoms with Crippen molar-refractivity contribution in [1.29, 1.82) is 0 Å². The minimum atomic E-state index is 0.581. The normalized spacial score (nSPS) is 19.9. The van der Waals surface area contributed by atoms with Gasteiger partial charge in [0.1, 0.15) is 12.1 Å². The van der Waals surface area contributed by atoms with Crippen molar-refractivity contribution >= 4 is 16.7 Å². The zero-order valence-electron chi connectivity index (χ0n) is 11.8. The fourth-order valence-corrected chi connectivity index (χ4v) is 2.95. The van der Waals surface area contributed by atoms with E-state index >= 15 is 0 Å². The largest absolute Gasteiger partial charge is 0.353 e. The number of nitrogens with zero attached hydrogens (tertiary/aromatic N) is 3. The molecule has 1 aromatic carbocycles. The van der Waals surface area contributed by atoms with Crippen molar-refractivity contribution in [3.63, 3.8) is 0 Å². The van der Waals surface area contributed by atoms with Crippen LogP contribution < -0.4 is 4.90 Å². The van der Waals surface area contributed by atoms with E-state index < -0.39 is 0 Å². The molecule has 1 fully saturated rings. The Hall–Kier alpha value is -1.64. The summed E-state index contributed by atoms with van der Waals surface area (Å²) in [4.78, 5) is 11.4. The topological polar surface area (TPSA) is 29.0 Å². The number of rotatable bonds is 2. The van der Waals surface area contributed by atoms with Crippen LogP contribution in [-0.2, 0) is 6.42 Å². The van der Waals surface area contributed by atoms with Gasteiger partial charge in [0.05, 0.1) is 5.52 Å². The molecule has 3 nitrogen and oxygen atoms in total. The van der Waals surface area contributed by atoms with Crippen LogP contribution in [0.4, 0.5) is 5.82 Å². The summed E-state index contributed by atoms with van der Waals surface area (Å²) in [5.41, 5.74) is 2.41. The van der Waals surface area contributed by atoms with E-state index in [1.54, 1.807) is 6.33 Å². The lowest BCUT2D eigenvalue weighted by atomic mass is 10.0. The maximum atomic E-state index is 4.57. The molecule has 1 aliphatic rings. The Morgan fingerprint density at radius 1 is 1.26 bits per heavy atom. The molecule has 19 heavy (non-hydrogen) atoms. The second-order valence-electron chi connectivity index (χ2n) is 5.44. The van der Waals surface area contributed by atoms with Crippen LogP contribution in [0.1, 0.15) is 38.7 Å². The highest BCUT2D eigenvalue weighted by atomic mass is 15.2. The van der Waals surface area contributed by atoms with Crippen LogP contribution in [-0.4, -0.2) is 22.6 Å². The number of piperidine rings is 1. The van der Waals surface area contributed by atoms with Gasteiger partial charge in [0, 0.05) is 18.0 Å². The van der Waals surface area contributed by atoms with E-state index in [0.717, 1.165) is 24.3 Å². The highest BCUT2D eigenvalue weighted by Crippen LogP contribution is 2.29. The Morgan fingerprint density at radius 2 is 2.16 bits per heavy atom. The molecule has 0 aliphatic carbocycles. The Labute approximate surface area is 114 Å². The highest BCUT2D eigenvalue weighted by Gasteiger charge is 2.21. The molecule has 0 saturated carbocycles. The molecule has 3 heteroatoms. The van der Waals surface area contributed by atoms with Crippen molar-refractivity contribution in [3.8, 4) is 0 Å². The van der Waals surface area contributed by atoms with Gasteiger partial charge >= 0.3 is 0 Å². The predicted octanol–water partition coefficient (Wildman–Crippen LogP) is 3.57. The zero-order chi connectivity index (χ0) is 13.2. The quantitative estimate of drug-likeness (QED) is 0.821. The maximum absolute atomic E-state index is 4.57. The third-order valence-electron chi connectivity index (χ3n) is 4.16. The number of aryl methyl sites for hydroxylation is 1. The molecule has 0 N–H and O–H groups in total. The van der Waals surface area contributed by atoms with Gasteiger partial charge in [-0.3, -0.25) is 0 Å². The Kier molecular flexibility index (Phi) is 3.36. The lowest BCUT2D eigenvalue weighted by molar-refractivity contribution is 0.482. The molecule has 100 valence electrons. The van der Waals surface area contributed by atoms with Crippen LogP contribution in [0.15, 0.2) is 24.5 Å². The van der Waals surface area contributed by atoms with Crippen LogP contribution in [0.25, 0.3) is 10.9 Å². The van der Waals surface area contributed by atoms with Crippen LogP contribution >= 0.6 is 0 Å². The van der Waals surface area contributed by atoms with Crippen molar-refractivity contribution in [2.24, 2.45) is 0 Å². The van der Waals surface area contributed by atoms with Gasteiger partial charge in [-0.2, -0.15) is 0 Å². The van der Waals surface area contributed by atoms with Crippen molar-refractivity contribution in [2.75, 3.05) is 11.4 Å². The molecule has 0 radical (unpaired) electrons. The molecule has 2 aromatic rings. The van der Waals surface area contributed by atoms with Gasteiger partial charge in [-0.1, -0.05) is 13.0 Å². The van der Waals surface area contributed by atoms with E-state index in [2.05, 4.69) is 46.9 Å². The third-order valence-corrected chi connectivity index (χ3v) is 4.16. The van der Waals surface area contributed by atoms with Crippen LogP contribution in [0, 0.1) is 0 Å². The molecule has 1 saturated heterocycles. The van der Waals surface area contributed by atoms with Crippen molar-refractivity contribution in [1.82, 2.24) is 9.97 Å². The van der Waals surface area contributed by atoms with E-state index in [4.69, 9.17) is 0 Å². The van der Waals surface area contributed by atoms with Gasteiger partial charge in [0.25, 0.3) is 0 Å². The summed E-state index contributed by atoms with van der Waals surface area (Å²) < 4.78 is 0. The number of fused-ring (bicyclic) bond motifs is 1. The van der Waals surface area contributed by atoms with Gasteiger partial charge < -0.3 is 4.90 Å². The van der Waals surface area contributed by atoms with Crippen LogP contribution in [0.5, 0.6) is 0 Å². The van der Waals surface area contributed by atoms with Gasteiger partial charge in [-0.25, -0.2) is 9.97 Å². The molecule has 0 spiro atoms. The first-order valence-electron chi connectivity index (χ1n) is 7.30. The molecule has 0 bridgehead atoms. The van der Waals surface area contributed by atoms with Crippen molar-refractivity contribution in [2.45, 2.75) is 45.6 Å². The van der Waals surface area contributed by atoms with E-state index in [1.807, 2.05) is 0 Å². The fourth-order valence-electron chi connectivity index (χ4n) is 2.95. The maximum Gasteiger partial charge on any atom is 0.140 e. The first-order valence-corrected chi connectivity index (χ1v) is 7.30. The molecule has 1 atom stereocenters. The zero-order valence-corrected chi connectivity index (χ0v) is 11.8. The molecule has 1 aliphatic heterocycles. The monoisotopic (exact) mass is 255 g/mol. The van der Waals surface area contributed by atoms with Crippen LogP contribution in [0.2, 0.25) is 0 Å². The van der Waals surface area contributed by atoms with E-state index in [0.29, 0.717) is 6.04 Å². The van der Waals surface area contributed by atoms with Crippen LogP contribution in [0.3, 0.4) is 0 Å². The number of benzene rings is 1. The SMILES string of the molecule is CCc1ccc2ncnc(N3CCCCC3C)c2c1. The Bertz CT molecular complexity index is 579. The summed E-state index contributed by atoms with van der Waals surface area (Å²) in [6, 6.07) is 7.12. The number of aromatic nitrogens is 2. The van der Waals surface area contributed by atoms with Gasteiger partial charge in [-0.15, -0.1) is 0 Å². The molecule has 1 aromatic heterocycles. The summed E-state index contributed by atoms with van der Waals surface area (Å²) in [6.07, 6.45) is 6.62. The number of hydrogen-bond acceptors (Lipinski definition) is 3. The second kappa shape index (κ2) is 5.16. The second-order valence-corrected chi connectivity index (χ2v) is 5.44. The fraction of sp³-hybridized carbons (Fsp3) is 0.500. The summed E-state index contributed by atoms with van der Waals surface area (Å²) in [6.45, 7) is 5.61. The summed E-state index contributed by atoms with van der Waals surface area (Å²) >= 11 is 0. The van der Waals surface area contributed by atoms with E-state index in [1.165, 1.54) is 30.2 Å². The van der Waals surface area contributed by atoms with Gasteiger partial charge in [-0.05, 0) is 50.3 Å². The summed E-state index contributed by atoms with van der Waals surface area (Å²) in [7, 11) is 0. The molecular formula is C16H21N3. The standard InChI is InChI=1S/C16H21N3/c1-3-13-7-8-15-14(10-13)16(18-11-17-15)19-9-5-4-6-12(19)2/h7-8,10-12H,3-6,9H2,1-2H3. The highest BCUT2D eigenvalue weighted by molar-refractivity contribution is 5.90. The Morgan fingerprint density at radius 3 is 2.95 bits per heavy atom. The lowest BCUT2D eigenvalue weighted by Crippen LogP contribution is -2.38. The minimum absolute atomic E-state index is 0.581. The van der Waals surface area contributed by atoms with Crippen molar-refractivity contribution in [3.05, 3.63) is 30.1 Å². The first-order chi connectivity index (χ1) is 9.29. The smallest absolute Gasteiger partial charge is 0.140 e. The first kappa shape index (κ1) is 12.4. The van der Waals surface area contributed by atoms with Gasteiger partial charge in [0.15, 0.2) is 0 Å². The minimum Gasteiger partial charge on any atom is -0.353 e. The van der Waals surface area contributed by atoms with Gasteiger partial charge in [0.2, 0.25) is 0 Å². The number of hydrogen-bond donors (Lipinski definition) is 0. The molecule has 1 unspecified atom stereocenters. The van der Waals surface area contributed by atoms with E-state index in [9.17, 15) is 0 Å². The molecule has 0 amide bonds. The lowest BCUT2D eigenvalue weighted by Gasteiger charge is -2.35. The number of anilines is 1. The Balaban J connectivity index is 2.11. The molecular weight excluding hydrogens is 234 g/mol. The van der Waals surface area contributed by atoms with E-state index in [-0.39, 0.29) is 0 Å². The predicted molar refractivity (Wildman–Crippen MR) is 79.6 cm³/mol. The third kappa shape index (κ3) is 2.29. The molecule has 2 heterocycles. The average Bonchev–Trinajstić information content (AvgIpc) is 2.47. The average molecular weight is 255 g/mol. The summed E-state index contributed by atoms with van der Waals surface area (Å²) in [5.74, 6) is 1.12. The molecule has 3 rings (SSSR count). The van der Waals surface area contributed by atoms with Crippen molar-refractivity contribution < 1.29 is 0 Å².